The van der Waals surface area contributed by atoms with Crippen molar-refractivity contribution in [1.82, 2.24) is 5.32 Å². The van der Waals surface area contributed by atoms with Gasteiger partial charge in [0.2, 0.25) is 0 Å². The summed E-state index contributed by atoms with van der Waals surface area (Å²) in [5.74, 6) is -1.15. The second-order valence-corrected chi connectivity index (χ2v) is 4.45. The van der Waals surface area contributed by atoms with Gasteiger partial charge in [0.15, 0.2) is 0 Å². The van der Waals surface area contributed by atoms with E-state index in [0.29, 0.717) is 0 Å². The van der Waals surface area contributed by atoms with Gasteiger partial charge in [0.05, 0.1) is 6.10 Å². The Morgan fingerprint density at radius 1 is 1.31 bits per heavy atom. The van der Waals surface area contributed by atoms with Gasteiger partial charge in [0.25, 0.3) is 0 Å². The lowest BCUT2D eigenvalue weighted by Crippen LogP contribution is -2.47. The molecule has 2 nitrogen and oxygen atoms in total. The lowest BCUT2D eigenvalue weighted by atomic mass is 9.98. The van der Waals surface area contributed by atoms with E-state index in [9.17, 15) is 13.9 Å². The molecule has 1 unspecified atom stereocenters. The Kier molecular flexibility index (Phi) is 3.99. The van der Waals surface area contributed by atoms with Crippen LogP contribution in [0.2, 0.25) is 0 Å². The van der Waals surface area contributed by atoms with Crippen molar-refractivity contribution in [1.29, 1.82) is 0 Å². The number of halogens is 2. The van der Waals surface area contributed by atoms with Crippen LogP contribution < -0.4 is 5.32 Å². The molecule has 0 fully saturated rings. The highest BCUT2D eigenvalue weighted by Crippen LogP contribution is 2.15. The van der Waals surface area contributed by atoms with Gasteiger partial charge in [-0.3, -0.25) is 0 Å². The van der Waals surface area contributed by atoms with Crippen LogP contribution in [0.25, 0.3) is 0 Å². The fraction of sp³-hybridized carbons (Fsp3) is 0.500. The van der Waals surface area contributed by atoms with Gasteiger partial charge in [-0.2, -0.15) is 0 Å². The summed E-state index contributed by atoms with van der Waals surface area (Å²) in [4.78, 5) is 0. The van der Waals surface area contributed by atoms with Crippen LogP contribution in [0, 0.1) is 11.6 Å². The molecule has 1 atom stereocenters. The van der Waals surface area contributed by atoms with Gasteiger partial charge in [-0.1, -0.05) is 6.07 Å². The lowest BCUT2D eigenvalue weighted by molar-refractivity contribution is 0.0952. The molecule has 0 aromatic heterocycles. The Morgan fingerprint density at radius 2 is 1.81 bits per heavy atom. The minimum Gasteiger partial charge on any atom is -0.392 e. The molecule has 0 radical (unpaired) electrons. The monoisotopic (exact) mass is 229 g/mol. The summed E-state index contributed by atoms with van der Waals surface area (Å²) in [5, 5.41) is 12.4. The van der Waals surface area contributed by atoms with Gasteiger partial charge in [0.1, 0.15) is 11.6 Å². The molecule has 0 spiro atoms. The summed E-state index contributed by atoms with van der Waals surface area (Å²) in [7, 11) is 0. The first kappa shape index (κ1) is 13.1. The Hall–Kier alpha value is -1.00. The summed E-state index contributed by atoms with van der Waals surface area (Å²) in [6.07, 6.45) is -0.609. The predicted molar refractivity (Wildman–Crippen MR) is 59.0 cm³/mol. The standard InChI is InChI=1S/C12H17F2NO/c1-8(16)12(2,3)15-7-9-10(13)5-4-6-11(9)14/h4-6,8,15-16H,7H2,1-3H3. The molecule has 0 saturated carbocycles. The average molecular weight is 229 g/mol. The number of benzene rings is 1. The van der Waals surface area contributed by atoms with Crippen LogP contribution in [0.4, 0.5) is 8.78 Å². The van der Waals surface area contributed by atoms with E-state index in [4.69, 9.17) is 0 Å². The molecule has 0 bridgehead atoms. The Bertz CT molecular complexity index is 344. The third-order valence-electron chi connectivity index (χ3n) is 2.83. The number of aliphatic hydroxyl groups excluding tert-OH is 1. The van der Waals surface area contributed by atoms with Gasteiger partial charge < -0.3 is 10.4 Å². The van der Waals surface area contributed by atoms with Crippen molar-refractivity contribution in [2.24, 2.45) is 0 Å². The zero-order valence-corrected chi connectivity index (χ0v) is 9.72. The predicted octanol–water partition coefficient (Wildman–Crippen LogP) is 2.21. The average Bonchev–Trinajstić information content (AvgIpc) is 2.16. The van der Waals surface area contributed by atoms with Crippen molar-refractivity contribution in [2.75, 3.05) is 0 Å². The highest BCUT2D eigenvalue weighted by atomic mass is 19.1. The van der Waals surface area contributed by atoms with Crippen LogP contribution in [-0.4, -0.2) is 16.7 Å². The highest BCUT2D eigenvalue weighted by Gasteiger charge is 2.24. The van der Waals surface area contributed by atoms with E-state index in [1.54, 1.807) is 20.8 Å². The quantitative estimate of drug-likeness (QED) is 0.829. The third kappa shape index (κ3) is 3.00. The number of nitrogens with one attached hydrogen (secondary N) is 1. The van der Waals surface area contributed by atoms with E-state index in [2.05, 4.69) is 5.32 Å². The Morgan fingerprint density at radius 3 is 2.25 bits per heavy atom. The van der Waals surface area contributed by atoms with Crippen molar-refractivity contribution in [3.05, 3.63) is 35.4 Å². The molecule has 2 N–H and O–H groups in total. The molecule has 0 saturated heterocycles. The maximum atomic E-state index is 13.3. The first-order valence-corrected chi connectivity index (χ1v) is 5.20. The molecular formula is C12H17F2NO. The molecule has 0 aliphatic carbocycles. The zero-order valence-electron chi connectivity index (χ0n) is 9.72. The van der Waals surface area contributed by atoms with Crippen molar-refractivity contribution in [3.63, 3.8) is 0 Å². The summed E-state index contributed by atoms with van der Waals surface area (Å²) in [6, 6.07) is 3.76. The first-order valence-electron chi connectivity index (χ1n) is 5.20. The number of hydrogen-bond acceptors (Lipinski definition) is 2. The smallest absolute Gasteiger partial charge is 0.130 e. The summed E-state index contributed by atoms with van der Waals surface area (Å²) in [5.41, 5.74) is -0.592. The Balaban J connectivity index is 2.75. The second-order valence-electron chi connectivity index (χ2n) is 4.45. The van der Waals surface area contributed by atoms with Crippen molar-refractivity contribution in [2.45, 2.75) is 39.0 Å². The SMILES string of the molecule is CC(O)C(C)(C)NCc1c(F)cccc1F. The minimum atomic E-state index is -0.609. The van der Waals surface area contributed by atoms with Crippen LogP contribution in [0.5, 0.6) is 0 Å². The van der Waals surface area contributed by atoms with Gasteiger partial charge >= 0.3 is 0 Å². The van der Waals surface area contributed by atoms with Gasteiger partial charge in [-0.05, 0) is 32.9 Å². The van der Waals surface area contributed by atoms with E-state index < -0.39 is 23.3 Å². The zero-order chi connectivity index (χ0) is 12.3. The first-order chi connectivity index (χ1) is 7.34. The summed E-state index contributed by atoms with van der Waals surface area (Å²) >= 11 is 0. The van der Waals surface area contributed by atoms with Crippen LogP contribution in [0.1, 0.15) is 26.3 Å². The normalized spacial score (nSPS) is 13.9. The van der Waals surface area contributed by atoms with Crippen LogP contribution in [0.3, 0.4) is 0 Å². The van der Waals surface area contributed by atoms with Crippen molar-refractivity contribution >= 4 is 0 Å². The molecule has 16 heavy (non-hydrogen) atoms. The fourth-order valence-electron chi connectivity index (χ4n) is 1.17. The molecule has 1 aromatic rings. The van der Waals surface area contributed by atoms with E-state index in [1.807, 2.05) is 0 Å². The largest absolute Gasteiger partial charge is 0.392 e. The maximum Gasteiger partial charge on any atom is 0.130 e. The van der Waals surface area contributed by atoms with Crippen LogP contribution >= 0.6 is 0 Å². The third-order valence-corrected chi connectivity index (χ3v) is 2.83. The number of rotatable bonds is 4. The van der Waals surface area contributed by atoms with Crippen molar-refractivity contribution in [3.8, 4) is 0 Å². The van der Waals surface area contributed by atoms with E-state index >= 15 is 0 Å². The van der Waals surface area contributed by atoms with Crippen LogP contribution in [0.15, 0.2) is 18.2 Å². The molecule has 4 heteroatoms. The fourth-order valence-corrected chi connectivity index (χ4v) is 1.17. The highest BCUT2D eigenvalue weighted by molar-refractivity contribution is 5.19. The van der Waals surface area contributed by atoms with Crippen LogP contribution in [-0.2, 0) is 6.54 Å². The Labute approximate surface area is 94.3 Å². The summed E-state index contributed by atoms with van der Waals surface area (Å²) in [6.45, 7) is 5.23. The molecular weight excluding hydrogens is 212 g/mol. The van der Waals surface area contributed by atoms with E-state index in [-0.39, 0.29) is 12.1 Å². The summed E-state index contributed by atoms with van der Waals surface area (Å²) < 4.78 is 26.6. The molecule has 0 heterocycles. The molecule has 1 aromatic carbocycles. The second kappa shape index (κ2) is 4.89. The topological polar surface area (TPSA) is 32.3 Å². The molecule has 0 aliphatic rings. The molecule has 90 valence electrons. The maximum absolute atomic E-state index is 13.3. The lowest BCUT2D eigenvalue weighted by Gasteiger charge is -2.29. The number of aliphatic hydroxyl groups is 1. The molecule has 1 rings (SSSR count). The van der Waals surface area contributed by atoms with Gasteiger partial charge in [-0.25, -0.2) is 8.78 Å². The van der Waals surface area contributed by atoms with Crippen molar-refractivity contribution < 1.29 is 13.9 Å². The minimum absolute atomic E-state index is 0.00350. The molecule has 0 aliphatic heterocycles. The van der Waals surface area contributed by atoms with Gasteiger partial charge in [0, 0.05) is 17.6 Å². The van der Waals surface area contributed by atoms with E-state index in [0.717, 1.165) is 0 Å². The van der Waals surface area contributed by atoms with E-state index in [1.165, 1.54) is 18.2 Å². The molecule has 0 amide bonds. The van der Waals surface area contributed by atoms with Gasteiger partial charge in [-0.15, -0.1) is 0 Å². The number of hydrogen-bond donors (Lipinski definition) is 2.